The van der Waals surface area contributed by atoms with E-state index < -0.39 is 0 Å². The summed E-state index contributed by atoms with van der Waals surface area (Å²) in [4.78, 5) is 0. The zero-order valence-corrected chi connectivity index (χ0v) is 11.9. The number of ether oxygens (including phenoxy) is 1. The van der Waals surface area contributed by atoms with Gasteiger partial charge in [-0.2, -0.15) is 0 Å². The van der Waals surface area contributed by atoms with Crippen molar-refractivity contribution in [2.45, 2.75) is 51.2 Å². The van der Waals surface area contributed by atoms with Crippen molar-refractivity contribution in [2.75, 3.05) is 0 Å². The highest BCUT2D eigenvalue weighted by molar-refractivity contribution is 9.10. The van der Waals surface area contributed by atoms with Crippen LogP contribution in [0.25, 0.3) is 0 Å². The number of benzene rings is 1. The molecule has 1 N–H and O–H groups in total. The molecule has 0 aromatic heterocycles. The highest BCUT2D eigenvalue weighted by Gasteiger charge is 2.27. The van der Waals surface area contributed by atoms with Gasteiger partial charge in [0, 0.05) is 4.47 Å². The number of hydrogen-bond donors (Lipinski definition) is 1. The maximum atomic E-state index is 9.80. The average Bonchev–Trinajstić information content (AvgIpc) is 2.67. The quantitative estimate of drug-likeness (QED) is 0.918. The molecule has 1 fully saturated rings. The molecule has 1 aromatic rings. The second kappa shape index (κ2) is 5.40. The summed E-state index contributed by atoms with van der Waals surface area (Å²) in [5.74, 6) is 1.33. The molecule has 3 heteroatoms. The molecule has 94 valence electrons. The molecular formula is C14H19BrO2. The van der Waals surface area contributed by atoms with Crippen molar-refractivity contribution in [3.63, 3.8) is 0 Å². The molecule has 1 aromatic carbocycles. The van der Waals surface area contributed by atoms with Gasteiger partial charge in [0.1, 0.15) is 11.9 Å². The first kappa shape index (κ1) is 12.9. The summed E-state index contributed by atoms with van der Waals surface area (Å²) in [5.41, 5.74) is 1.19. The lowest BCUT2D eigenvalue weighted by Gasteiger charge is -2.21. The third-order valence-corrected chi connectivity index (χ3v) is 3.78. The van der Waals surface area contributed by atoms with Gasteiger partial charge in [-0.25, -0.2) is 0 Å². The van der Waals surface area contributed by atoms with Gasteiger partial charge >= 0.3 is 0 Å². The first-order valence-electron chi connectivity index (χ1n) is 6.22. The third-order valence-electron chi connectivity index (χ3n) is 3.29. The Morgan fingerprint density at radius 3 is 2.71 bits per heavy atom. The average molecular weight is 299 g/mol. The Morgan fingerprint density at radius 2 is 2.12 bits per heavy atom. The van der Waals surface area contributed by atoms with E-state index >= 15 is 0 Å². The van der Waals surface area contributed by atoms with Crippen LogP contribution in [0, 0.1) is 0 Å². The van der Waals surface area contributed by atoms with Crippen molar-refractivity contribution in [3.8, 4) is 5.75 Å². The van der Waals surface area contributed by atoms with Crippen LogP contribution in [0.5, 0.6) is 5.75 Å². The number of rotatable bonds is 3. The molecule has 2 nitrogen and oxygen atoms in total. The molecule has 17 heavy (non-hydrogen) atoms. The lowest BCUT2D eigenvalue weighted by Crippen LogP contribution is -2.26. The van der Waals surface area contributed by atoms with Crippen LogP contribution in [0.4, 0.5) is 0 Å². The van der Waals surface area contributed by atoms with Crippen molar-refractivity contribution in [1.82, 2.24) is 0 Å². The van der Waals surface area contributed by atoms with E-state index in [-0.39, 0.29) is 12.2 Å². The standard InChI is InChI=1S/C14H19BrO2/c1-9(2)11-8-10(15)6-7-13(11)17-14-5-3-4-12(14)16/h6-9,12,14,16H,3-5H2,1-2H3/t12-,14-/m0/s1. The SMILES string of the molecule is CC(C)c1cc(Br)ccc1O[C@H]1CCC[C@@H]1O. The van der Waals surface area contributed by atoms with Gasteiger partial charge in [-0.1, -0.05) is 29.8 Å². The summed E-state index contributed by atoms with van der Waals surface area (Å²) in [6.07, 6.45) is 2.53. The van der Waals surface area contributed by atoms with E-state index in [1.165, 1.54) is 5.56 Å². The van der Waals surface area contributed by atoms with Crippen LogP contribution >= 0.6 is 15.9 Å². The fraction of sp³-hybridized carbons (Fsp3) is 0.571. The summed E-state index contributed by atoms with van der Waals surface area (Å²) in [5, 5.41) is 9.80. The fourth-order valence-corrected chi connectivity index (χ4v) is 2.66. The number of hydrogen-bond acceptors (Lipinski definition) is 2. The smallest absolute Gasteiger partial charge is 0.124 e. The van der Waals surface area contributed by atoms with E-state index in [0.29, 0.717) is 5.92 Å². The van der Waals surface area contributed by atoms with E-state index in [9.17, 15) is 5.11 Å². The maximum Gasteiger partial charge on any atom is 0.124 e. The molecule has 0 spiro atoms. The molecule has 1 saturated carbocycles. The van der Waals surface area contributed by atoms with E-state index in [0.717, 1.165) is 29.5 Å². The number of aliphatic hydroxyl groups excluding tert-OH is 1. The van der Waals surface area contributed by atoms with Crippen molar-refractivity contribution in [2.24, 2.45) is 0 Å². The Morgan fingerprint density at radius 1 is 1.35 bits per heavy atom. The monoisotopic (exact) mass is 298 g/mol. The molecule has 0 heterocycles. The summed E-state index contributed by atoms with van der Waals surface area (Å²) >= 11 is 3.48. The summed E-state index contributed by atoms with van der Waals surface area (Å²) < 4.78 is 7.03. The van der Waals surface area contributed by atoms with E-state index in [2.05, 4.69) is 35.8 Å². The first-order valence-corrected chi connectivity index (χ1v) is 7.01. The van der Waals surface area contributed by atoms with Crippen LogP contribution in [0.3, 0.4) is 0 Å². The van der Waals surface area contributed by atoms with Gasteiger partial charge in [0.15, 0.2) is 0 Å². The van der Waals surface area contributed by atoms with Gasteiger partial charge in [-0.05, 0) is 48.9 Å². The predicted octanol–water partition coefficient (Wildman–Crippen LogP) is 3.86. The fourth-order valence-electron chi connectivity index (χ4n) is 2.28. The summed E-state index contributed by atoms with van der Waals surface area (Å²) in [7, 11) is 0. The second-order valence-corrected chi connectivity index (χ2v) is 5.91. The summed E-state index contributed by atoms with van der Waals surface area (Å²) in [6, 6.07) is 6.08. The number of aliphatic hydroxyl groups is 1. The van der Waals surface area contributed by atoms with Crippen molar-refractivity contribution < 1.29 is 9.84 Å². The third kappa shape index (κ3) is 3.02. The molecule has 2 rings (SSSR count). The molecule has 0 bridgehead atoms. The highest BCUT2D eigenvalue weighted by atomic mass is 79.9. The molecule has 0 radical (unpaired) electrons. The Hall–Kier alpha value is -0.540. The lowest BCUT2D eigenvalue weighted by atomic mass is 10.0. The highest BCUT2D eigenvalue weighted by Crippen LogP contribution is 2.32. The molecule has 0 unspecified atom stereocenters. The zero-order chi connectivity index (χ0) is 12.4. The minimum Gasteiger partial charge on any atom is -0.487 e. The van der Waals surface area contributed by atoms with Gasteiger partial charge in [0.05, 0.1) is 6.10 Å². The topological polar surface area (TPSA) is 29.5 Å². The zero-order valence-electron chi connectivity index (χ0n) is 10.3. The Balaban J connectivity index is 2.19. The normalized spacial score (nSPS) is 24.3. The molecule has 0 aliphatic heterocycles. The minimum absolute atomic E-state index is 0.0336. The maximum absolute atomic E-state index is 9.80. The Kier molecular flexibility index (Phi) is 4.10. The van der Waals surface area contributed by atoms with Crippen molar-refractivity contribution in [3.05, 3.63) is 28.2 Å². The van der Waals surface area contributed by atoms with E-state index in [4.69, 9.17) is 4.74 Å². The minimum atomic E-state index is -0.307. The van der Waals surface area contributed by atoms with Crippen molar-refractivity contribution >= 4 is 15.9 Å². The first-order chi connectivity index (χ1) is 8.08. The predicted molar refractivity (Wildman–Crippen MR) is 72.5 cm³/mol. The largest absolute Gasteiger partial charge is 0.487 e. The van der Waals surface area contributed by atoms with Gasteiger partial charge in [0.25, 0.3) is 0 Å². The Labute approximate surface area is 111 Å². The van der Waals surface area contributed by atoms with Gasteiger partial charge in [-0.15, -0.1) is 0 Å². The van der Waals surface area contributed by atoms with E-state index in [1.807, 2.05) is 12.1 Å². The van der Waals surface area contributed by atoms with Crippen LogP contribution < -0.4 is 4.74 Å². The number of halogens is 1. The van der Waals surface area contributed by atoms with Gasteiger partial charge in [-0.3, -0.25) is 0 Å². The molecule has 2 atom stereocenters. The van der Waals surface area contributed by atoms with E-state index in [1.54, 1.807) is 0 Å². The molecule has 0 amide bonds. The molecule has 1 aliphatic carbocycles. The van der Waals surface area contributed by atoms with Gasteiger partial charge < -0.3 is 9.84 Å². The van der Waals surface area contributed by atoms with Crippen LogP contribution in [0.2, 0.25) is 0 Å². The second-order valence-electron chi connectivity index (χ2n) is 4.99. The van der Waals surface area contributed by atoms with Crippen LogP contribution in [-0.2, 0) is 0 Å². The van der Waals surface area contributed by atoms with Crippen LogP contribution in [0.1, 0.15) is 44.6 Å². The van der Waals surface area contributed by atoms with Gasteiger partial charge in [0.2, 0.25) is 0 Å². The van der Waals surface area contributed by atoms with Crippen LogP contribution in [0.15, 0.2) is 22.7 Å². The van der Waals surface area contributed by atoms with Crippen LogP contribution in [-0.4, -0.2) is 17.3 Å². The molecule has 1 aliphatic rings. The lowest BCUT2D eigenvalue weighted by molar-refractivity contribution is 0.0596. The van der Waals surface area contributed by atoms with Crippen molar-refractivity contribution in [1.29, 1.82) is 0 Å². The molecule has 0 saturated heterocycles. The Bertz CT molecular complexity index is 390. The summed E-state index contributed by atoms with van der Waals surface area (Å²) in [6.45, 7) is 4.30. The molecular weight excluding hydrogens is 280 g/mol.